The van der Waals surface area contributed by atoms with Crippen LogP contribution in [0.15, 0.2) is 48.5 Å². The molecule has 116 valence electrons. The van der Waals surface area contributed by atoms with Gasteiger partial charge in [0.1, 0.15) is 12.4 Å². The number of hydrogen-bond donors (Lipinski definition) is 2. The topological polar surface area (TPSA) is 50.4 Å². The van der Waals surface area contributed by atoms with E-state index >= 15 is 0 Å². The van der Waals surface area contributed by atoms with Crippen molar-refractivity contribution in [2.24, 2.45) is 0 Å². The number of hydrogen-bond acceptors (Lipinski definition) is 3. The Bertz CT molecular complexity index is 612. The number of benzene rings is 2. The van der Waals surface area contributed by atoms with Gasteiger partial charge in [0.2, 0.25) is 5.91 Å². The average Bonchev–Trinajstić information content (AvgIpc) is 2.54. The molecule has 0 saturated carbocycles. The predicted octanol–water partition coefficient (Wildman–Crippen LogP) is 3.12. The molecular formula is C18H22N2O2. The quantitative estimate of drug-likeness (QED) is 0.825. The summed E-state index contributed by atoms with van der Waals surface area (Å²) >= 11 is 0. The Morgan fingerprint density at radius 2 is 1.91 bits per heavy atom. The first-order chi connectivity index (χ1) is 10.7. The highest BCUT2D eigenvalue weighted by molar-refractivity contribution is 5.91. The maximum atomic E-state index is 11.7. The van der Waals surface area contributed by atoms with Gasteiger partial charge >= 0.3 is 0 Å². The number of carbonyl (C=O) groups excluding carboxylic acids is 1. The second kappa shape index (κ2) is 8.20. The molecule has 0 bridgehead atoms. The number of nitrogens with one attached hydrogen (secondary N) is 2. The average molecular weight is 298 g/mol. The zero-order valence-electron chi connectivity index (χ0n) is 13.1. The highest BCUT2D eigenvalue weighted by atomic mass is 16.5. The maximum Gasteiger partial charge on any atom is 0.225 e. The molecule has 0 aliphatic carbocycles. The van der Waals surface area contributed by atoms with Gasteiger partial charge in [0.05, 0.1) is 0 Å². The first kappa shape index (κ1) is 16.0. The van der Waals surface area contributed by atoms with Crippen molar-refractivity contribution in [1.82, 2.24) is 5.32 Å². The van der Waals surface area contributed by atoms with Crippen molar-refractivity contribution in [2.75, 3.05) is 18.9 Å². The van der Waals surface area contributed by atoms with Crippen molar-refractivity contribution in [1.29, 1.82) is 0 Å². The summed E-state index contributed by atoms with van der Waals surface area (Å²) in [5, 5.41) is 5.87. The number of anilines is 1. The summed E-state index contributed by atoms with van der Waals surface area (Å²) in [6.45, 7) is 3.17. The highest BCUT2D eigenvalue weighted by Gasteiger charge is 2.05. The lowest BCUT2D eigenvalue weighted by molar-refractivity contribution is -0.116. The third-order valence-electron chi connectivity index (χ3n) is 3.32. The van der Waals surface area contributed by atoms with Crippen molar-refractivity contribution in [2.45, 2.75) is 20.0 Å². The molecule has 4 nitrogen and oxygen atoms in total. The van der Waals surface area contributed by atoms with Crippen LogP contribution in [0.1, 0.15) is 17.5 Å². The Hall–Kier alpha value is -2.33. The number of amides is 1. The van der Waals surface area contributed by atoms with Crippen molar-refractivity contribution in [3.8, 4) is 5.75 Å². The molecular weight excluding hydrogens is 276 g/mol. The first-order valence-corrected chi connectivity index (χ1v) is 7.41. The minimum absolute atomic E-state index is 0.00963. The van der Waals surface area contributed by atoms with Crippen LogP contribution < -0.4 is 15.4 Å². The lowest BCUT2D eigenvalue weighted by Crippen LogP contribution is -2.19. The van der Waals surface area contributed by atoms with E-state index in [1.165, 1.54) is 0 Å². The Balaban J connectivity index is 1.93. The molecule has 22 heavy (non-hydrogen) atoms. The van der Waals surface area contributed by atoms with Crippen LogP contribution >= 0.6 is 0 Å². The highest BCUT2D eigenvalue weighted by Crippen LogP contribution is 2.22. The lowest BCUT2D eigenvalue weighted by Gasteiger charge is -2.11. The second-order valence-electron chi connectivity index (χ2n) is 5.15. The first-order valence-electron chi connectivity index (χ1n) is 7.41. The Morgan fingerprint density at radius 3 is 2.59 bits per heavy atom. The van der Waals surface area contributed by atoms with E-state index < -0.39 is 0 Å². The van der Waals surface area contributed by atoms with Gasteiger partial charge in [0.25, 0.3) is 0 Å². The molecule has 0 aliphatic rings. The summed E-state index contributed by atoms with van der Waals surface area (Å²) < 4.78 is 5.78. The van der Waals surface area contributed by atoms with E-state index in [2.05, 4.69) is 10.6 Å². The monoisotopic (exact) mass is 298 g/mol. The number of rotatable bonds is 7. The Kier molecular flexibility index (Phi) is 5.98. The van der Waals surface area contributed by atoms with Crippen molar-refractivity contribution < 1.29 is 9.53 Å². The van der Waals surface area contributed by atoms with Gasteiger partial charge in [-0.25, -0.2) is 0 Å². The third kappa shape index (κ3) is 4.90. The number of carbonyl (C=O) groups is 1. The molecule has 2 aromatic rings. The fourth-order valence-electron chi connectivity index (χ4n) is 2.06. The summed E-state index contributed by atoms with van der Waals surface area (Å²) in [5.41, 5.74) is 2.95. The van der Waals surface area contributed by atoms with Crippen LogP contribution in [0.4, 0.5) is 5.69 Å². The summed E-state index contributed by atoms with van der Waals surface area (Å²) in [6.07, 6.45) is 0.461. The van der Waals surface area contributed by atoms with Gasteiger partial charge < -0.3 is 15.4 Å². The van der Waals surface area contributed by atoms with E-state index in [9.17, 15) is 4.79 Å². The molecule has 0 heterocycles. The lowest BCUT2D eigenvalue weighted by atomic mass is 10.2. The minimum Gasteiger partial charge on any atom is -0.489 e. The molecule has 0 atom stereocenters. The van der Waals surface area contributed by atoms with Crippen LogP contribution in [0, 0.1) is 6.92 Å². The smallest absolute Gasteiger partial charge is 0.225 e. The maximum absolute atomic E-state index is 11.7. The van der Waals surface area contributed by atoms with Crippen molar-refractivity contribution >= 4 is 11.6 Å². The summed E-state index contributed by atoms with van der Waals surface area (Å²) in [7, 11) is 1.83. The summed E-state index contributed by atoms with van der Waals surface area (Å²) in [5.74, 6) is 0.810. The van der Waals surface area contributed by atoms with Gasteiger partial charge in [-0.1, -0.05) is 30.3 Å². The number of aryl methyl sites for hydroxylation is 1. The summed E-state index contributed by atoms with van der Waals surface area (Å²) in [6, 6.07) is 15.7. The molecule has 2 rings (SSSR count). The van der Waals surface area contributed by atoms with Gasteiger partial charge in [0.15, 0.2) is 0 Å². The van der Waals surface area contributed by atoms with Crippen LogP contribution in [-0.4, -0.2) is 19.5 Å². The van der Waals surface area contributed by atoms with E-state index in [4.69, 9.17) is 4.74 Å². The van der Waals surface area contributed by atoms with Gasteiger partial charge in [-0.05, 0) is 43.3 Å². The summed E-state index contributed by atoms with van der Waals surface area (Å²) in [4.78, 5) is 11.7. The normalized spacial score (nSPS) is 10.3. The molecule has 1 amide bonds. The van der Waals surface area contributed by atoms with E-state index in [0.717, 1.165) is 22.6 Å². The molecule has 0 aliphatic heterocycles. The fourth-order valence-corrected chi connectivity index (χ4v) is 2.06. The second-order valence-corrected chi connectivity index (χ2v) is 5.15. The van der Waals surface area contributed by atoms with Gasteiger partial charge in [0, 0.05) is 18.7 Å². The third-order valence-corrected chi connectivity index (χ3v) is 3.32. The van der Waals surface area contributed by atoms with E-state index in [-0.39, 0.29) is 5.91 Å². The van der Waals surface area contributed by atoms with Gasteiger partial charge in [-0.3, -0.25) is 4.79 Å². The van der Waals surface area contributed by atoms with Crippen molar-refractivity contribution in [3.05, 3.63) is 59.7 Å². The zero-order chi connectivity index (χ0) is 15.8. The molecule has 0 aromatic heterocycles. The van der Waals surface area contributed by atoms with Crippen LogP contribution in [0.5, 0.6) is 5.75 Å². The van der Waals surface area contributed by atoms with Crippen LogP contribution in [-0.2, 0) is 11.4 Å². The Morgan fingerprint density at radius 1 is 1.14 bits per heavy atom. The predicted molar refractivity (Wildman–Crippen MR) is 89.1 cm³/mol. The van der Waals surface area contributed by atoms with E-state index in [0.29, 0.717) is 19.6 Å². The molecule has 0 fully saturated rings. The molecule has 4 heteroatoms. The minimum atomic E-state index is 0.00963. The molecule has 2 N–H and O–H groups in total. The van der Waals surface area contributed by atoms with Gasteiger partial charge in [-0.15, -0.1) is 0 Å². The molecule has 0 unspecified atom stereocenters. The molecule has 2 aromatic carbocycles. The van der Waals surface area contributed by atoms with E-state index in [1.807, 2.05) is 62.5 Å². The largest absolute Gasteiger partial charge is 0.489 e. The Labute approximate surface area is 131 Å². The molecule has 0 spiro atoms. The van der Waals surface area contributed by atoms with Crippen LogP contribution in [0.3, 0.4) is 0 Å². The SMILES string of the molecule is CNCCC(=O)Nc1ccc(OCc2ccccc2)cc1C. The van der Waals surface area contributed by atoms with Crippen molar-refractivity contribution in [3.63, 3.8) is 0 Å². The number of ether oxygens (including phenoxy) is 1. The fraction of sp³-hybridized carbons (Fsp3) is 0.278. The molecule has 0 saturated heterocycles. The van der Waals surface area contributed by atoms with Gasteiger partial charge in [-0.2, -0.15) is 0 Å². The van der Waals surface area contributed by atoms with E-state index in [1.54, 1.807) is 0 Å². The molecule has 0 radical (unpaired) electrons. The standard InChI is InChI=1S/C18H22N2O2/c1-14-12-16(22-13-15-6-4-3-5-7-15)8-9-17(14)20-18(21)10-11-19-2/h3-9,12,19H,10-11,13H2,1-2H3,(H,20,21). The van der Waals surface area contributed by atoms with Crippen LogP contribution in [0.25, 0.3) is 0 Å². The zero-order valence-corrected chi connectivity index (χ0v) is 13.1. The van der Waals surface area contributed by atoms with Crippen LogP contribution in [0.2, 0.25) is 0 Å².